The van der Waals surface area contributed by atoms with Crippen LogP contribution < -0.4 is 14.8 Å². The van der Waals surface area contributed by atoms with Crippen molar-refractivity contribution in [3.8, 4) is 11.5 Å². The number of methoxy groups -OCH3 is 2. The van der Waals surface area contributed by atoms with Gasteiger partial charge in [0.25, 0.3) is 5.69 Å². The van der Waals surface area contributed by atoms with E-state index in [1.165, 1.54) is 6.07 Å². The average molecular weight is 482 g/mol. The Morgan fingerprint density at radius 3 is 2.53 bits per heavy atom. The number of rotatable bonds is 7. The summed E-state index contributed by atoms with van der Waals surface area (Å²) in [6.07, 6.45) is 0.745. The van der Waals surface area contributed by atoms with E-state index >= 15 is 0 Å². The van der Waals surface area contributed by atoms with Gasteiger partial charge in [-0.05, 0) is 72.2 Å². The maximum Gasteiger partial charge on any atom is 0.293 e. The predicted molar refractivity (Wildman–Crippen MR) is 132 cm³/mol. The number of benzene rings is 2. The van der Waals surface area contributed by atoms with Crippen LogP contribution in [0.4, 0.5) is 11.4 Å². The van der Waals surface area contributed by atoms with Gasteiger partial charge in [0.2, 0.25) is 5.91 Å². The fraction of sp³-hybridized carbons (Fsp3) is 0.320. The number of aryl methyl sites for hydroxylation is 2. The second kappa shape index (κ2) is 9.82. The first-order valence-corrected chi connectivity index (χ1v) is 11.8. The summed E-state index contributed by atoms with van der Waals surface area (Å²) >= 11 is 1.63. The molecule has 1 aliphatic rings. The molecule has 0 saturated carbocycles. The normalized spacial score (nSPS) is 15.5. The molecule has 8 nitrogen and oxygen atoms in total. The third kappa shape index (κ3) is 4.62. The third-order valence-electron chi connectivity index (χ3n) is 6.22. The topological polar surface area (TPSA) is 93.9 Å². The Morgan fingerprint density at radius 2 is 1.88 bits per heavy atom. The number of carbonyl (C=O) groups is 1. The number of fused-ring (bicyclic) bond motifs is 1. The number of nitrogens with zero attached hydrogens (tertiary/aromatic N) is 2. The minimum absolute atomic E-state index is 0.0976. The Kier molecular flexibility index (Phi) is 6.85. The van der Waals surface area contributed by atoms with Gasteiger partial charge in [-0.1, -0.05) is 6.07 Å². The number of nitro benzene ring substituents is 1. The lowest BCUT2D eigenvalue weighted by atomic mass is 9.91. The highest BCUT2D eigenvalue weighted by molar-refractivity contribution is 7.10. The lowest BCUT2D eigenvalue weighted by molar-refractivity contribution is -0.384. The molecule has 0 aliphatic carbocycles. The van der Waals surface area contributed by atoms with Crippen LogP contribution in [0.15, 0.2) is 41.8 Å². The zero-order valence-electron chi connectivity index (χ0n) is 19.6. The molecule has 4 rings (SSSR count). The first-order valence-electron chi connectivity index (χ1n) is 10.9. The molecule has 2 aromatic carbocycles. The summed E-state index contributed by atoms with van der Waals surface area (Å²) in [4.78, 5) is 27.4. The number of nitro groups is 1. The van der Waals surface area contributed by atoms with E-state index in [-0.39, 0.29) is 29.9 Å². The summed E-state index contributed by atoms with van der Waals surface area (Å²) in [5.41, 5.74) is 4.01. The summed E-state index contributed by atoms with van der Waals surface area (Å²) < 4.78 is 11.0. The number of ether oxygens (including phenoxy) is 2. The van der Waals surface area contributed by atoms with Crippen LogP contribution in [0.25, 0.3) is 0 Å². The summed E-state index contributed by atoms with van der Waals surface area (Å²) in [7, 11) is 3.22. The summed E-state index contributed by atoms with van der Waals surface area (Å²) in [6, 6.07) is 11.1. The van der Waals surface area contributed by atoms with Crippen molar-refractivity contribution in [2.75, 3.05) is 32.6 Å². The van der Waals surface area contributed by atoms with Gasteiger partial charge < -0.3 is 14.8 Å². The van der Waals surface area contributed by atoms with Crippen molar-refractivity contribution in [3.05, 3.63) is 79.0 Å². The van der Waals surface area contributed by atoms with Gasteiger partial charge in [-0.15, -0.1) is 11.3 Å². The lowest BCUT2D eigenvalue weighted by Crippen LogP contribution is -2.41. The molecule has 178 valence electrons. The molecule has 1 aliphatic heterocycles. The maximum atomic E-state index is 13.1. The fourth-order valence-corrected chi connectivity index (χ4v) is 5.25. The molecule has 1 N–H and O–H groups in total. The largest absolute Gasteiger partial charge is 0.493 e. The second-order valence-electron chi connectivity index (χ2n) is 8.30. The third-order valence-corrected chi connectivity index (χ3v) is 7.14. The molecule has 1 amide bonds. The average Bonchev–Trinajstić information content (AvgIpc) is 3.34. The van der Waals surface area contributed by atoms with Crippen LogP contribution >= 0.6 is 11.3 Å². The Morgan fingerprint density at radius 1 is 1.18 bits per heavy atom. The quantitative estimate of drug-likeness (QED) is 0.382. The van der Waals surface area contributed by atoms with Gasteiger partial charge in [0.15, 0.2) is 11.5 Å². The first kappa shape index (κ1) is 23.7. The molecule has 1 aromatic heterocycles. The van der Waals surface area contributed by atoms with Crippen molar-refractivity contribution in [1.82, 2.24) is 4.90 Å². The molecule has 0 radical (unpaired) electrons. The van der Waals surface area contributed by atoms with E-state index in [2.05, 4.69) is 16.3 Å². The predicted octanol–water partition coefficient (Wildman–Crippen LogP) is 4.88. The van der Waals surface area contributed by atoms with Crippen molar-refractivity contribution in [3.63, 3.8) is 0 Å². The highest BCUT2D eigenvalue weighted by Gasteiger charge is 2.32. The van der Waals surface area contributed by atoms with E-state index in [0.29, 0.717) is 18.0 Å². The van der Waals surface area contributed by atoms with Crippen LogP contribution in [-0.4, -0.2) is 43.0 Å². The number of anilines is 1. The van der Waals surface area contributed by atoms with Gasteiger partial charge in [-0.25, -0.2) is 0 Å². The standard InChI is InChI=1S/C25H27N3O5S/c1-15-10-19(20(28(30)31)11-16(15)2)26-24(29)14-27-8-7-17-12-21(32-3)22(33-4)13-18(17)25(27)23-6-5-9-34-23/h5-6,9-13,25H,7-8,14H2,1-4H3,(H,26,29)/t25-/m1/s1. The van der Waals surface area contributed by atoms with Crippen LogP contribution in [0.5, 0.6) is 11.5 Å². The molecule has 0 saturated heterocycles. The minimum Gasteiger partial charge on any atom is -0.493 e. The van der Waals surface area contributed by atoms with Crippen molar-refractivity contribution < 1.29 is 19.2 Å². The van der Waals surface area contributed by atoms with E-state index in [1.54, 1.807) is 31.6 Å². The van der Waals surface area contributed by atoms with Crippen molar-refractivity contribution in [1.29, 1.82) is 0 Å². The number of nitrogens with one attached hydrogen (secondary N) is 1. The lowest BCUT2D eigenvalue weighted by Gasteiger charge is -2.37. The van der Waals surface area contributed by atoms with Gasteiger partial charge in [-0.2, -0.15) is 0 Å². The van der Waals surface area contributed by atoms with E-state index in [9.17, 15) is 14.9 Å². The van der Waals surface area contributed by atoms with Crippen LogP contribution in [0, 0.1) is 24.0 Å². The minimum atomic E-state index is -0.465. The Hall–Kier alpha value is -3.43. The SMILES string of the molecule is COc1cc2c(cc1OC)[C@H](c1cccs1)N(CC(=O)Nc1cc(C)c(C)cc1[N+](=O)[O-])CC2. The molecule has 2 heterocycles. The highest BCUT2D eigenvalue weighted by atomic mass is 32.1. The van der Waals surface area contributed by atoms with Crippen molar-refractivity contribution in [2.24, 2.45) is 0 Å². The van der Waals surface area contributed by atoms with Crippen LogP contribution in [0.3, 0.4) is 0 Å². The first-order chi connectivity index (χ1) is 16.3. The van der Waals surface area contributed by atoms with Crippen molar-refractivity contribution >= 4 is 28.6 Å². The van der Waals surface area contributed by atoms with Crippen LogP contribution in [0.2, 0.25) is 0 Å². The molecule has 0 fully saturated rings. The van der Waals surface area contributed by atoms with E-state index in [0.717, 1.165) is 33.6 Å². The van der Waals surface area contributed by atoms with Gasteiger partial charge in [0.1, 0.15) is 5.69 Å². The number of amides is 1. The molecule has 9 heteroatoms. The van der Waals surface area contributed by atoms with Crippen LogP contribution in [-0.2, 0) is 11.2 Å². The summed E-state index contributed by atoms with van der Waals surface area (Å²) in [5, 5.41) is 16.3. The molecule has 3 aromatic rings. The summed E-state index contributed by atoms with van der Waals surface area (Å²) in [5.74, 6) is 1.02. The molecular weight excluding hydrogens is 454 g/mol. The molecule has 1 atom stereocenters. The maximum absolute atomic E-state index is 13.1. The molecule has 0 bridgehead atoms. The Balaban J connectivity index is 1.64. The molecule has 34 heavy (non-hydrogen) atoms. The van der Waals surface area contributed by atoms with E-state index < -0.39 is 4.92 Å². The number of carbonyl (C=O) groups excluding carboxylic acids is 1. The van der Waals surface area contributed by atoms with Gasteiger partial charge >= 0.3 is 0 Å². The monoisotopic (exact) mass is 481 g/mol. The molecular formula is C25H27N3O5S. The van der Waals surface area contributed by atoms with Gasteiger partial charge in [0.05, 0.1) is 31.7 Å². The van der Waals surface area contributed by atoms with Crippen LogP contribution in [0.1, 0.15) is 33.2 Å². The fourth-order valence-electron chi connectivity index (χ4n) is 4.37. The van der Waals surface area contributed by atoms with Gasteiger partial charge in [0, 0.05) is 17.5 Å². The zero-order chi connectivity index (χ0) is 24.4. The van der Waals surface area contributed by atoms with Gasteiger partial charge in [-0.3, -0.25) is 19.8 Å². The van der Waals surface area contributed by atoms with E-state index in [1.807, 2.05) is 37.4 Å². The summed E-state index contributed by atoms with van der Waals surface area (Å²) in [6.45, 7) is 4.44. The smallest absolute Gasteiger partial charge is 0.293 e. The van der Waals surface area contributed by atoms with E-state index in [4.69, 9.17) is 9.47 Å². The zero-order valence-corrected chi connectivity index (χ0v) is 20.4. The highest BCUT2D eigenvalue weighted by Crippen LogP contribution is 2.42. The number of hydrogen-bond donors (Lipinski definition) is 1. The Labute approximate surface area is 202 Å². The number of thiophene rings is 1. The van der Waals surface area contributed by atoms with Crippen molar-refractivity contribution in [2.45, 2.75) is 26.3 Å². The molecule has 0 spiro atoms. The Bertz CT molecular complexity index is 1230. The number of hydrogen-bond acceptors (Lipinski definition) is 7. The second-order valence-corrected chi connectivity index (χ2v) is 9.28. The molecule has 0 unspecified atom stereocenters.